The molecule has 0 atom stereocenters. The Morgan fingerprint density at radius 1 is 0.556 bits per heavy atom. The number of carbonyl (C=O) groups is 1. The van der Waals surface area contributed by atoms with Gasteiger partial charge in [-0.1, -0.05) is 80.6 Å². The fourth-order valence-electron chi connectivity index (χ4n) is 7.58. The summed E-state index contributed by atoms with van der Waals surface area (Å²) in [5.74, 6) is 2.89. The van der Waals surface area contributed by atoms with Gasteiger partial charge < -0.3 is 24.4 Å². The lowest BCUT2D eigenvalue weighted by molar-refractivity contribution is -0.111. The maximum Gasteiger partial charge on any atom is 0.185 e. The molecule has 2 aliphatic rings. The second-order valence-electron chi connectivity index (χ2n) is 14.3. The van der Waals surface area contributed by atoms with E-state index in [9.17, 15) is 15.0 Å². The third-order valence-electron chi connectivity index (χ3n) is 10.3. The molecule has 2 N–H and O–H groups in total. The molecule has 5 aromatic carbocycles. The lowest BCUT2D eigenvalue weighted by Crippen LogP contribution is -2.07. The van der Waals surface area contributed by atoms with Crippen LogP contribution < -0.4 is 14.2 Å². The number of rotatable bonds is 9. The van der Waals surface area contributed by atoms with Gasteiger partial charge in [-0.05, 0) is 118 Å². The molecule has 2 aliphatic carbocycles. The van der Waals surface area contributed by atoms with Crippen molar-refractivity contribution in [3.8, 4) is 28.7 Å². The fourth-order valence-corrected chi connectivity index (χ4v) is 7.58. The van der Waals surface area contributed by atoms with Crippen LogP contribution in [0.25, 0.3) is 12.2 Å². The minimum Gasteiger partial charge on any atom is -0.507 e. The van der Waals surface area contributed by atoms with Gasteiger partial charge in [-0.2, -0.15) is 0 Å². The number of Topliss-reactive ketones (excluding diaryl/α,β-unsaturated/α-hetero) is 1. The Labute approximate surface area is 318 Å². The van der Waals surface area contributed by atoms with E-state index in [1.807, 2.05) is 78.9 Å². The zero-order valence-corrected chi connectivity index (χ0v) is 31.4. The lowest BCUT2D eigenvalue weighted by Gasteiger charge is -2.21. The molecule has 1 saturated carbocycles. The minimum atomic E-state index is 0.0498. The molecule has 0 heterocycles. The van der Waals surface area contributed by atoms with Gasteiger partial charge in [0.25, 0.3) is 0 Å². The topological polar surface area (TPSA) is 85.2 Å². The SMILES string of the molecule is CCCOc1c2cccc1Cc1cc(/C=C3\CC/C(=C\c4ccc(OC)cc4)C3=O)cc(c1O)Cc1cccc(c1OCCC)Cc1cccc(c1O)C2. The largest absolute Gasteiger partial charge is 0.507 e. The van der Waals surface area contributed by atoms with E-state index >= 15 is 0 Å². The number of methoxy groups -OCH3 is 1. The molecule has 6 heteroatoms. The van der Waals surface area contributed by atoms with Crippen molar-refractivity contribution in [2.75, 3.05) is 20.3 Å². The second kappa shape index (κ2) is 16.5. The molecule has 0 radical (unpaired) electrons. The fraction of sp³-hybridized carbons (Fsp3) is 0.271. The maximum absolute atomic E-state index is 13.8. The summed E-state index contributed by atoms with van der Waals surface area (Å²) >= 11 is 0. The summed E-state index contributed by atoms with van der Waals surface area (Å²) in [4.78, 5) is 13.8. The summed E-state index contributed by atoms with van der Waals surface area (Å²) in [6, 6.07) is 29.9. The maximum atomic E-state index is 13.8. The summed E-state index contributed by atoms with van der Waals surface area (Å²) in [5.41, 5.74) is 10.4. The minimum absolute atomic E-state index is 0.0498. The van der Waals surface area contributed by atoms with E-state index in [-0.39, 0.29) is 17.3 Å². The summed E-state index contributed by atoms with van der Waals surface area (Å²) < 4.78 is 18.2. The Kier molecular flexibility index (Phi) is 11.2. The highest BCUT2D eigenvalue weighted by molar-refractivity contribution is 6.15. The summed E-state index contributed by atoms with van der Waals surface area (Å²) in [6.07, 6.45) is 8.79. The monoisotopic (exact) mass is 720 g/mol. The molecule has 0 amide bonds. The Bertz CT molecular complexity index is 2120. The molecule has 276 valence electrons. The van der Waals surface area contributed by atoms with Gasteiger partial charge in [0.1, 0.15) is 28.7 Å². The van der Waals surface area contributed by atoms with Gasteiger partial charge in [-0.15, -0.1) is 0 Å². The van der Waals surface area contributed by atoms with Crippen molar-refractivity contribution in [1.82, 2.24) is 0 Å². The van der Waals surface area contributed by atoms with Crippen LogP contribution in [0.5, 0.6) is 28.7 Å². The van der Waals surface area contributed by atoms with Gasteiger partial charge >= 0.3 is 0 Å². The van der Waals surface area contributed by atoms with E-state index in [0.717, 1.165) is 96.9 Å². The van der Waals surface area contributed by atoms with Gasteiger partial charge in [0.05, 0.1) is 20.3 Å². The summed E-state index contributed by atoms with van der Waals surface area (Å²) in [6.45, 7) is 5.26. The third-order valence-corrected chi connectivity index (χ3v) is 10.3. The average Bonchev–Trinajstić information content (AvgIpc) is 3.51. The average molecular weight is 721 g/mol. The van der Waals surface area contributed by atoms with Gasteiger partial charge in [-0.3, -0.25) is 4.79 Å². The second-order valence-corrected chi connectivity index (χ2v) is 14.3. The molecule has 0 spiro atoms. The standard InChI is InChI=1S/C48H48O6/c1-4-21-53-47-37-11-7-13-39(47)29-41-25-32(24-36-18-17-35(45(36)50)23-31-15-19-43(52-3)20-16-31)26-42(46(41)51)30-40-14-8-12-38(48(40)54-22-5-2)28-34-10-6-9-33(27-37)44(34)49/h6-16,19-20,23-26,49,51H,4-5,17-18,21-22,27-30H2,1-3H3/b35-23+,36-24+. The highest BCUT2D eigenvalue weighted by atomic mass is 16.5. The molecule has 6 nitrogen and oxygen atoms in total. The van der Waals surface area contributed by atoms with Crippen LogP contribution >= 0.6 is 0 Å². The van der Waals surface area contributed by atoms with Gasteiger partial charge in [0.15, 0.2) is 5.78 Å². The van der Waals surface area contributed by atoms with Gasteiger partial charge in [0.2, 0.25) is 0 Å². The number of aromatic hydroxyl groups is 2. The number of fused-ring (bicyclic) bond motifs is 8. The van der Waals surface area contributed by atoms with Crippen molar-refractivity contribution in [1.29, 1.82) is 0 Å². The first kappa shape index (κ1) is 36.6. The van der Waals surface area contributed by atoms with Crippen molar-refractivity contribution < 1.29 is 29.2 Å². The third kappa shape index (κ3) is 7.93. The van der Waals surface area contributed by atoms with E-state index in [1.54, 1.807) is 7.11 Å². The Morgan fingerprint density at radius 2 is 0.963 bits per heavy atom. The van der Waals surface area contributed by atoms with Crippen molar-refractivity contribution >= 4 is 17.9 Å². The number of hydrogen-bond acceptors (Lipinski definition) is 6. The number of allylic oxidation sites excluding steroid dienone is 2. The van der Waals surface area contributed by atoms with E-state index in [1.165, 1.54) is 0 Å². The van der Waals surface area contributed by atoms with E-state index in [4.69, 9.17) is 14.2 Å². The Morgan fingerprint density at radius 3 is 1.41 bits per heavy atom. The number of hydrogen-bond donors (Lipinski definition) is 2. The van der Waals surface area contributed by atoms with Crippen LogP contribution in [0.15, 0.2) is 102 Å². The highest BCUT2D eigenvalue weighted by Crippen LogP contribution is 2.39. The van der Waals surface area contributed by atoms with E-state index in [2.05, 4.69) is 38.1 Å². The first-order valence-corrected chi connectivity index (χ1v) is 19.1. The summed E-state index contributed by atoms with van der Waals surface area (Å²) in [7, 11) is 1.64. The zero-order valence-electron chi connectivity index (χ0n) is 31.4. The molecule has 0 aliphatic heterocycles. The molecular weight excluding hydrogens is 673 g/mol. The first-order valence-electron chi connectivity index (χ1n) is 19.1. The van der Waals surface area contributed by atoms with Crippen LogP contribution in [0.4, 0.5) is 0 Å². The van der Waals surface area contributed by atoms with Crippen LogP contribution in [0.1, 0.15) is 95.2 Å². The van der Waals surface area contributed by atoms with Crippen molar-refractivity contribution in [2.24, 2.45) is 0 Å². The number of phenols is 2. The Balaban J connectivity index is 1.36. The van der Waals surface area contributed by atoms with Gasteiger partial charge in [-0.25, -0.2) is 0 Å². The van der Waals surface area contributed by atoms with Crippen LogP contribution in [-0.4, -0.2) is 36.3 Å². The predicted octanol–water partition coefficient (Wildman–Crippen LogP) is 10.2. The molecule has 0 aromatic heterocycles. The van der Waals surface area contributed by atoms with E-state index in [0.29, 0.717) is 51.7 Å². The smallest absolute Gasteiger partial charge is 0.185 e. The number of ketones is 1. The van der Waals surface area contributed by atoms with Crippen LogP contribution in [0.2, 0.25) is 0 Å². The van der Waals surface area contributed by atoms with Gasteiger partial charge in [0, 0.05) is 36.8 Å². The molecule has 0 saturated heterocycles. The quantitative estimate of drug-likeness (QED) is 0.145. The molecule has 5 aromatic rings. The van der Waals surface area contributed by atoms with Crippen molar-refractivity contribution in [3.05, 3.63) is 158 Å². The summed E-state index contributed by atoms with van der Waals surface area (Å²) in [5, 5.41) is 23.7. The molecule has 1 fully saturated rings. The van der Waals surface area contributed by atoms with Crippen LogP contribution in [0.3, 0.4) is 0 Å². The highest BCUT2D eigenvalue weighted by Gasteiger charge is 2.25. The molecule has 0 unspecified atom stereocenters. The first-order chi connectivity index (χ1) is 26.3. The molecular formula is C48H48O6. The molecule has 54 heavy (non-hydrogen) atoms. The number of benzene rings is 5. The molecule has 8 bridgehead atoms. The number of ether oxygens (including phenoxy) is 3. The zero-order chi connectivity index (χ0) is 37.6. The number of carbonyl (C=O) groups excluding carboxylic acids is 1. The lowest BCUT2D eigenvalue weighted by atomic mass is 9.90. The number of phenolic OH excluding ortho intramolecular Hbond substituents is 2. The Hall–Kier alpha value is -5.75. The van der Waals surface area contributed by atoms with Crippen molar-refractivity contribution in [3.63, 3.8) is 0 Å². The van der Waals surface area contributed by atoms with Crippen molar-refractivity contribution in [2.45, 2.75) is 65.2 Å². The normalized spacial score (nSPS) is 15.4. The van der Waals surface area contributed by atoms with Crippen LogP contribution in [0, 0.1) is 0 Å². The van der Waals surface area contributed by atoms with Crippen LogP contribution in [-0.2, 0) is 30.5 Å². The number of para-hydroxylation sites is 3. The molecule has 7 rings (SSSR count). The van der Waals surface area contributed by atoms with E-state index < -0.39 is 0 Å². The predicted molar refractivity (Wildman–Crippen MR) is 215 cm³/mol.